The van der Waals surface area contributed by atoms with Gasteiger partial charge in [-0.25, -0.2) is 0 Å². The van der Waals surface area contributed by atoms with Crippen molar-refractivity contribution in [1.29, 1.82) is 0 Å². The fourth-order valence-corrected chi connectivity index (χ4v) is 3.81. The molecule has 4 heteroatoms. The van der Waals surface area contributed by atoms with Gasteiger partial charge in [-0.1, -0.05) is 11.8 Å². The Hall–Kier alpha value is -1.31. The predicted octanol–water partition coefficient (Wildman–Crippen LogP) is 1.68. The summed E-state index contributed by atoms with van der Waals surface area (Å²) in [5.74, 6) is 6.73. The van der Waals surface area contributed by atoms with Gasteiger partial charge in [-0.05, 0) is 37.3 Å². The van der Waals surface area contributed by atoms with Crippen molar-refractivity contribution in [2.24, 2.45) is 11.7 Å². The topological polar surface area (TPSA) is 46.3 Å². The molecule has 1 saturated heterocycles. The summed E-state index contributed by atoms with van der Waals surface area (Å²) >= 11 is 1.47. The minimum absolute atomic E-state index is 0.188. The zero-order valence-electron chi connectivity index (χ0n) is 10.2. The van der Waals surface area contributed by atoms with Gasteiger partial charge in [0.25, 0.3) is 5.91 Å². The molecule has 2 heterocycles. The Morgan fingerprint density at radius 2 is 2.39 bits per heavy atom. The van der Waals surface area contributed by atoms with E-state index in [4.69, 9.17) is 5.73 Å². The normalized spacial score (nSPS) is 25.1. The van der Waals surface area contributed by atoms with Gasteiger partial charge >= 0.3 is 0 Å². The number of carbonyl (C=O) groups is 1. The third-order valence-electron chi connectivity index (χ3n) is 3.80. The van der Waals surface area contributed by atoms with Gasteiger partial charge in [-0.2, -0.15) is 0 Å². The Morgan fingerprint density at radius 1 is 1.50 bits per heavy atom. The van der Waals surface area contributed by atoms with Gasteiger partial charge in [0.2, 0.25) is 0 Å². The first-order chi connectivity index (χ1) is 8.78. The van der Waals surface area contributed by atoms with Crippen molar-refractivity contribution >= 4 is 17.2 Å². The van der Waals surface area contributed by atoms with Crippen LogP contribution in [0.4, 0.5) is 0 Å². The summed E-state index contributed by atoms with van der Waals surface area (Å²) in [5.41, 5.74) is 5.34. The van der Waals surface area contributed by atoms with Crippen molar-refractivity contribution in [1.82, 2.24) is 4.90 Å². The molecular weight excluding hydrogens is 244 g/mol. The molecule has 94 valence electrons. The summed E-state index contributed by atoms with van der Waals surface area (Å²) in [6, 6.07) is 4.29. The van der Waals surface area contributed by atoms with Crippen LogP contribution in [0.1, 0.15) is 33.8 Å². The zero-order chi connectivity index (χ0) is 12.5. The zero-order valence-corrected chi connectivity index (χ0v) is 11.0. The number of carbonyl (C=O) groups excluding carboxylic acids is 1. The second-order valence-corrected chi connectivity index (χ2v) is 6.04. The lowest BCUT2D eigenvalue weighted by Gasteiger charge is -2.26. The number of nitrogens with zero attached hydrogens (tertiary/aromatic N) is 1. The van der Waals surface area contributed by atoms with Crippen LogP contribution in [0.2, 0.25) is 0 Å². The number of rotatable bonds is 1. The number of hydrogen-bond donors (Lipinski definition) is 1. The number of hydrogen-bond acceptors (Lipinski definition) is 3. The van der Waals surface area contributed by atoms with Crippen LogP contribution >= 0.6 is 11.3 Å². The number of likely N-dealkylation sites (tertiary alicyclic amines) is 1. The maximum atomic E-state index is 12.4. The molecular formula is C14H16N2OS. The molecule has 2 unspecified atom stereocenters. The molecule has 0 radical (unpaired) electrons. The van der Waals surface area contributed by atoms with Crippen molar-refractivity contribution in [2.45, 2.75) is 25.3 Å². The summed E-state index contributed by atoms with van der Waals surface area (Å²) < 4.78 is 0. The Bertz CT molecular complexity index is 525. The van der Waals surface area contributed by atoms with Gasteiger partial charge in [-0.3, -0.25) is 4.79 Å². The SMILES string of the molecule is NCC#Cc1ccc(C(=O)N2CC3CCC2C3)s1. The van der Waals surface area contributed by atoms with E-state index in [2.05, 4.69) is 16.7 Å². The minimum Gasteiger partial charge on any atom is -0.335 e. The standard InChI is InChI=1S/C14H16N2OS/c15-7-1-2-12-5-6-13(18-12)14(17)16-9-10-3-4-11(16)8-10/h5-6,10-11H,3-4,7-9,15H2. The summed E-state index contributed by atoms with van der Waals surface area (Å²) in [5, 5.41) is 0. The number of piperidine rings is 1. The summed E-state index contributed by atoms with van der Waals surface area (Å²) in [6.07, 6.45) is 3.69. The molecule has 1 saturated carbocycles. The monoisotopic (exact) mass is 260 g/mol. The predicted molar refractivity (Wildman–Crippen MR) is 72.4 cm³/mol. The molecule has 2 N–H and O–H groups in total. The molecule has 2 bridgehead atoms. The van der Waals surface area contributed by atoms with Crippen LogP contribution in [0, 0.1) is 17.8 Å². The lowest BCUT2D eigenvalue weighted by molar-refractivity contribution is 0.0708. The highest BCUT2D eigenvalue weighted by atomic mass is 32.1. The van der Waals surface area contributed by atoms with Crippen molar-refractivity contribution in [3.05, 3.63) is 21.9 Å². The minimum atomic E-state index is 0.188. The van der Waals surface area contributed by atoms with Gasteiger partial charge in [0.05, 0.1) is 16.3 Å². The van der Waals surface area contributed by atoms with E-state index in [-0.39, 0.29) is 5.91 Å². The van der Waals surface area contributed by atoms with Gasteiger partial charge in [0, 0.05) is 12.6 Å². The molecule has 1 aliphatic heterocycles. The number of nitrogens with two attached hydrogens (primary N) is 1. The molecule has 2 aliphatic rings. The second-order valence-electron chi connectivity index (χ2n) is 4.96. The fourth-order valence-electron chi connectivity index (χ4n) is 2.97. The van der Waals surface area contributed by atoms with Crippen LogP contribution in [0.25, 0.3) is 0 Å². The largest absolute Gasteiger partial charge is 0.335 e. The molecule has 1 aromatic rings. The van der Waals surface area contributed by atoms with E-state index in [1.54, 1.807) is 0 Å². The summed E-state index contributed by atoms with van der Waals surface area (Å²) in [4.78, 5) is 16.2. The fraction of sp³-hybridized carbons (Fsp3) is 0.500. The van der Waals surface area contributed by atoms with Crippen LogP contribution < -0.4 is 5.73 Å². The van der Waals surface area contributed by atoms with Gasteiger partial charge < -0.3 is 10.6 Å². The van der Waals surface area contributed by atoms with Crippen LogP contribution in [-0.2, 0) is 0 Å². The van der Waals surface area contributed by atoms with Crippen molar-refractivity contribution in [2.75, 3.05) is 13.1 Å². The lowest BCUT2D eigenvalue weighted by atomic mass is 10.1. The van der Waals surface area contributed by atoms with E-state index in [0.29, 0.717) is 12.6 Å². The van der Waals surface area contributed by atoms with Crippen LogP contribution in [0.5, 0.6) is 0 Å². The van der Waals surface area contributed by atoms with Gasteiger partial charge in [-0.15, -0.1) is 11.3 Å². The molecule has 2 atom stereocenters. The molecule has 2 fully saturated rings. The van der Waals surface area contributed by atoms with Crippen molar-refractivity contribution < 1.29 is 4.79 Å². The smallest absolute Gasteiger partial charge is 0.264 e. The van der Waals surface area contributed by atoms with E-state index in [1.807, 2.05) is 12.1 Å². The molecule has 18 heavy (non-hydrogen) atoms. The Kier molecular flexibility index (Phi) is 3.11. The molecule has 3 rings (SSSR count). The first-order valence-electron chi connectivity index (χ1n) is 6.37. The molecule has 0 spiro atoms. The molecule has 3 nitrogen and oxygen atoms in total. The van der Waals surface area contributed by atoms with Gasteiger partial charge in [0.1, 0.15) is 0 Å². The van der Waals surface area contributed by atoms with Crippen LogP contribution in [-0.4, -0.2) is 29.9 Å². The average Bonchev–Trinajstić information content (AvgIpc) is 3.10. The Morgan fingerprint density at radius 3 is 3.06 bits per heavy atom. The van der Waals surface area contributed by atoms with Crippen molar-refractivity contribution in [3.63, 3.8) is 0 Å². The second kappa shape index (κ2) is 4.75. The van der Waals surface area contributed by atoms with Crippen molar-refractivity contribution in [3.8, 4) is 11.8 Å². The lowest BCUT2D eigenvalue weighted by Crippen LogP contribution is -2.37. The molecule has 0 aromatic carbocycles. The van der Waals surface area contributed by atoms with E-state index >= 15 is 0 Å². The first kappa shape index (κ1) is 11.8. The number of fused-ring (bicyclic) bond motifs is 2. The van der Waals surface area contributed by atoms with Crippen LogP contribution in [0.3, 0.4) is 0 Å². The third-order valence-corrected chi connectivity index (χ3v) is 4.79. The van der Waals surface area contributed by atoms with E-state index in [9.17, 15) is 4.79 Å². The summed E-state index contributed by atoms with van der Waals surface area (Å²) in [6.45, 7) is 1.31. The highest BCUT2D eigenvalue weighted by molar-refractivity contribution is 7.14. The highest BCUT2D eigenvalue weighted by Gasteiger charge is 2.40. The maximum Gasteiger partial charge on any atom is 0.264 e. The molecule has 1 aliphatic carbocycles. The molecule has 1 amide bonds. The van der Waals surface area contributed by atoms with E-state index < -0.39 is 0 Å². The maximum absolute atomic E-state index is 12.4. The molecule has 1 aromatic heterocycles. The van der Waals surface area contributed by atoms with E-state index in [0.717, 1.165) is 22.2 Å². The number of amides is 1. The van der Waals surface area contributed by atoms with Gasteiger partial charge in [0.15, 0.2) is 0 Å². The quantitative estimate of drug-likeness (QED) is 0.781. The highest BCUT2D eigenvalue weighted by Crippen LogP contribution is 2.38. The Balaban J connectivity index is 1.74. The van der Waals surface area contributed by atoms with E-state index in [1.165, 1.54) is 30.6 Å². The third kappa shape index (κ3) is 2.05. The first-order valence-corrected chi connectivity index (χ1v) is 7.19. The average molecular weight is 260 g/mol. The summed E-state index contributed by atoms with van der Waals surface area (Å²) in [7, 11) is 0. The van der Waals surface area contributed by atoms with Crippen LogP contribution in [0.15, 0.2) is 12.1 Å². The Labute approximate surface area is 111 Å². The number of thiophene rings is 1.